The lowest BCUT2D eigenvalue weighted by Gasteiger charge is -2.46. The maximum absolute atomic E-state index is 6.36. The molecule has 1 saturated carbocycles. The maximum atomic E-state index is 6.36. The molecule has 1 aromatic heterocycles. The maximum Gasteiger partial charge on any atom is 0.220 e. The van der Waals surface area contributed by atoms with Crippen LogP contribution in [0.5, 0.6) is 0 Å². The fourth-order valence-corrected chi connectivity index (χ4v) is 4.10. The molecule has 2 heterocycles. The average Bonchev–Trinajstić information content (AvgIpc) is 3.02. The van der Waals surface area contributed by atoms with Crippen molar-refractivity contribution < 1.29 is 0 Å². The minimum atomic E-state index is -0.447. The van der Waals surface area contributed by atoms with Gasteiger partial charge in [-0.2, -0.15) is 4.99 Å². The smallest absolute Gasteiger partial charge is 0.220 e. The minimum Gasteiger partial charge on any atom is -0.369 e. The van der Waals surface area contributed by atoms with E-state index in [0.29, 0.717) is 5.96 Å². The van der Waals surface area contributed by atoms with Crippen molar-refractivity contribution in [1.29, 1.82) is 0 Å². The summed E-state index contributed by atoms with van der Waals surface area (Å²) in [5, 5.41) is 8.26. The standard InChI is InChI=1S/C18H24N8/c1-12-13(15-24-21-11-25(15)2)7-6-8-14(12)26-17(20)22-16(19)23-18(26)9-4-3-5-10-18/h6-8,11H,3-5,9-10H2,1-2H3,(H4,19,20,22,23). The largest absolute Gasteiger partial charge is 0.369 e. The van der Waals surface area contributed by atoms with E-state index < -0.39 is 5.66 Å². The summed E-state index contributed by atoms with van der Waals surface area (Å²) in [6.07, 6.45) is 6.94. The first-order chi connectivity index (χ1) is 12.5. The number of nitrogens with zero attached hydrogens (tertiary/aromatic N) is 6. The Morgan fingerprint density at radius 2 is 1.88 bits per heavy atom. The highest BCUT2D eigenvalue weighted by Gasteiger charge is 2.43. The quantitative estimate of drug-likeness (QED) is 0.857. The van der Waals surface area contributed by atoms with E-state index in [-0.39, 0.29) is 5.96 Å². The number of hydrogen-bond acceptors (Lipinski definition) is 7. The minimum absolute atomic E-state index is 0.266. The van der Waals surface area contributed by atoms with Gasteiger partial charge in [0, 0.05) is 18.3 Å². The van der Waals surface area contributed by atoms with E-state index in [1.165, 1.54) is 6.42 Å². The Hall–Kier alpha value is -2.90. The van der Waals surface area contributed by atoms with Crippen molar-refractivity contribution >= 4 is 17.6 Å². The summed E-state index contributed by atoms with van der Waals surface area (Å²) in [7, 11) is 1.94. The second-order valence-electron chi connectivity index (χ2n) is 7.03. The molecule has 0 radical (unpaired) electrons. The number of hydrogen-bond donors (Lipinski definition) is 2. The van der Waals surface area contributed by atoms with Crippen LogP contribution in [-0.4, -0.2) is 32.3 Å². The lowest BCUT2D eigenvalue weighted by Crippen LogP contribution is -2.58. The van der Waals surface area contributed by atoms with Gasteiger partial charge in [-0.3, -0.25) is 4.90 Å². The highest BCUT2D eigenvalue weighted by Crippen LogP contribution is 2.41. The first kappa shape index (κ1) is 16.6. The van der Waals surface area contributed by atoms with E-state index in [1.807, 2.05) is 23.7 Å². The number of aryl methyl sites for hydroxylation is 1. The van der Waals surface area contributed by atoms with Crippen LogP contribution in [0.3, 0.4) is 0 Å². The number of anilines is 1. The molecule has 1 aliphatic carbocycles. The fraction of sp³-hybridized carbons (Fsp3) is 0.444. The Kier molecular flexibility index (Phi) is 3.90. The number of rotatable bonds is 2. The molecule has 0 saturated heterocycles. The van der Waals surface area contributed by atoms with Gasteiger partial charge in [-0.25, -0.2) is 4.99 Å². The van der Waals surface area contributed by atoms with Crippen LogP contribution in [0.4, 0.5) is 5.69 Å². The number of benzene rings is 1. The number of aliphatic imine (C=N–C) groups is 2. The summed E-state index contributed by atoms with van der Waals surface area (Å²) in [4.78, 5) is 11.1. The fourth-order valence-electron chi connectivity index (χ4n) is 4.10. The van der Waals surface area contributed by atoms with Crippen LogP contribution >= 0.6 is 0 Å². The number of nitrogens with two attached hydrogens (primary N) is 2. The van der Waals surface area contributed by atoms with Crippen LogP contribution in [0, 0.1) is 6.92 Å². The second kappa shape index (κ2) is 6.12. The molecule has 2 aliphatic rings. The van der Waals surface area contributed by atoms with Crippen molar-refractivity contribution in [2.45, 2.75) is 44.7 Å². The first-order valence-electron chi connectivity index (χ1n) is 8.95. The molecule has 4 rings (SSSR count). The average molecular weight is 352 g/mol. The van der Waals surface area contributed by atoms with Gasteiger partial charge in [0.1, 0.15) is 12.0 Å². The predicted molar refractivity (Wildman–Crippen MR) is 103 cm³/mol. The molecule has 2 aromatic rings. The molecule has 0 unspecified atom stereocenters. The third kappa shape index (κ3) is 2.53. The van der Waals surface area contributed by atoms with Crippen molar-refractivity contribution in [2.75, 3.05) is 4.90 Å². The molecule has 1 spiro atoms. The highest BCUT2D eigenvalue weighted by atomic mass is 15.4. The van der Waals surface area contributed by atoms with Gasteiger partial charge in [0.15, 0.2) is 5.82 Å². The molecular weight excluding hydrogens is 328 g/mol. The molecule has 0 amide bonds. The Balaban J connectivity index is 1.86. The lowest BCUT2D eigenvalue weighted by atomic mass is 9.86. The summed E-state index contributed by atoms with van der Waals surface area (Å²) in [6, 6.07) is 6.12. The molecule has 1 aliphatic heterocycles. The van der Waals surface area contributed by atoms with Crippen molar-refractivity contribution in [2.24, 2.45) is 28.5 Å². The topological polar surface area (TPSA) is 111 Å². The third-order valence-electron chi connectivity index (χ3n) is 5.35. The van der Waals surface area contributed by atoms with E-state index in [9.17, 15) is 0 Å². The van der Waals surface area contributed by atoms with Crippen molar-refractivity contribution in [1.82, 2.24) is 14.8 Å². The Morgan fingerprint density at radius 3 is 2.58 bits per heavy atom. The zero-order valence-corrected chi connectivity index (χ0v) is 15.2. The summed E-state index contributed by atoms with van der Waals surface area (Å²) in [5.41, 5.74) is 15.0. The zero-order valence-electron chi connectivity index (χ0n) is 15.2. The van der Waals surface area contributed by atoms with Crippen LogP contribution in [0.2, 0.25) is 0 Å². The van der Waals surface area contributed by atoms with Gasteiger partial charge < -0.3 is 16.0 Å². The van der Waals surface area contributed by atoms with Crippen molar-refractivity contribution in [3.63, 3.8) is 0 Å². The molecule has 0 atom stereocenters. The zero-order chi connectivity index (χ0) is 18.3. The molecule has 8 nitrogen and oxygen atoms in total. The van der Waals surface area contributed by atoms with Gasteiger partial charge >= 0.3 is 0 Å². The SMILES string of the molecule is Cc1c(-c2nncn2C)cccc1N1C(N)=NC(N)=NC12CCCCC2. The van der Waals surface area contributed by atoms with Gasteiger partial charge in [0.2, 0.25) is 11.9 Å². The van der Waals surface area contributed by atoms with Crippen LogP contribution in [-0.2, 0) is 7.05 Å². The third-order valence-corrected chi connectivity index (χ3v) is 5.35. The van der Waals surface area contributed by atoms with E-state index in [4.69, 9.17) is 16.5 Å². The summed E-state index contributed by atoms with van der Waals surface area (Å²) in [5.74, 6) is 1.48. The molecule has 1 fully saturated rings. The van der Waals surface area contributed by atoms with Crippen molar-refractivity contribution in [3.05, 3.63) is 30.1 Å². The molecule has 1 aromatic carbocycles. The van der Waals surface area contributed by atoms with E-state index in [0.717, 1.165) is 48.3 Å². The van der Waals surface area contributed by atoms with Gasteiger partial charge in [0.25, 0.3) is 0 Å². The molecule has 0 bridgehead atoms. The van der Waals surface area contributed by atoms with Crippen LogP contribution in [0.25, 0.3) is 11.4 Å². The van der Waals surface area contributed by atoms with E-state index in [1.54, 1.807) is 6.33 Å². The number of aromatic nitrogens is 3. The first-order valence-corrected chi connectivity index (χ1v) is 8.95. The van der Waals surface area contributed by atoms with Crippen molar-refractivity contribution in [3.8, 4) is 11.4 Å². The van der Waals surface area contributed by atoms with Crippen LogP contribution in [0.1, 0.15) is 37.7 Å². The predicted octanol–water partition coefficient (Wildman–Crippen LogP) is 1.90. The van der Waals surface area contributed by atoms with Crippen LogP contribution < -0.4 is 16.4 Å². The van der Waals surface area contributed by atoms with Gasteiger partial charge in [-0.1, -0.05) is 18.6 Å². The van der Waals surface area contributed by atoms with Gasteiger partial charge in [-0.15, -0.1) is 10.2 Å². The van der Waals surface area contributed by atoms with E-state index >= 15 is 0 Å². The molecule has 26 heavy (non-hydrogen) atoms. The summed E-state index contributed by atoms with van der Waals surface area (Å²) < 4.78 is 1.91. The molecule has 4 N–H and O–H groups in total. The summed E-state index contributed by atoms with van der Waals surface area (Å²) in [6.45, 7) is 2.07. The highest BCUT2D eigenvalue weighted by molar-refractivity contribution is 6.06. The monoisotopic (exact) mass is 352 g/mol. The lowest BCUT2D eigenvalue weighted by molar-refractivity contribution is 0.305. The summed E-state index contributed by atoms with van der Waals surface area (Å²) >= 11 is 0. The van der Waals surface area contributed by atoms with Gasteiger partial charge in [-0.05, 0) is 44.2 Å². The van der Waals surface area contributed by atoms with Gasteiger partial charge in [0.05, 0.1) is 0 Å². The van der Waals surface area contributed by atoms with Crippen LogP contribution in [0.15, 0.2) is 34.5 Å². The Labute approximate surface area is 152 Å². The normalized spacial score (nSPS) is 19.4. The molecule has 136 valence electrons. The molecule has 8 heteroatoms. The number of guanidine groups is 2. The Morgan fingerprint density at radius 1 is 1.12 bits per heavy atom. The van der Waals surface area contributed by atoms with E-state index in [2.05, 4.69) is 33.1 Å². The molecular formula is C18H24N8. The second-order valence-corrected chi connectivity index (χ2v) is 7.03. The Bertz CT molecular complexity index is 888.